The lowest BCUT2D eigenvalue weighted by atomic mass is 10.0. The lowest BCUT2D eigenvalue weighted by Crippen LogP contribution is -2.43. The van der Waals surface area contributed by atoms with E-state index in [2.05, 4.69) is 5.32 Å². The van der Waals surface area contributed by atoms with Crippen molar-refractivity contribution in [2.24, 2.45) is 0 Å². The number of hydrogen-bond donors (Lipinski definition) is 1. The molecule has 1 aromatic carbocycles. The third-order valence-corrected chi connectivity index (χ3v) is 4.78. The van der Waals surface area contributed by atoms with Crippen LogP contribution >= 0.6 is 22.3 Å². The number of benzene rings is 1. The minimum atomic E-state index is -4.65. The second-order valence-corrected chi connectivity index (χ2v) is 7.87. The first kappa shape index (κ1) is 18.1. The molecule has 0 radical (unpaired) electrons. The van der Waals surface area contributed by atoms with Crippen LogP contribution in [0.1, 0.15) is 37.6 Å². The molecule has 4 nitrogen and oxygen atoms in total. The van der Waals surface area contributed by atoms with Crippen molar-refractivity contribution in [3.05, 3.63) is 28.3 Å². The molecule has 0 fully saturated rings. The molecule has 0 heterocycles. The van der Waals surface area contributed by atoms with Gasteiger partial charge in [0, 0.05) is 16.2 Å². The van der Waals surface area contributed by atoms with Gasteiger partial charge in [0.1, 0.15) is 4.90 Å². The van der Waals surface area contributed by atoms with Gasteiger partial charge in [0.25, 0.3) is 15.0 Å². The summed E-state index contributed by atoms with van der Waals surface area (Å²) in [7, 11) is 0.381. The van der Waals surface area contributed by atoms with Gasteiger partial charge in [-0.05, 0) is 26.3 Å². The lowest BCUT2D eigenvalue weighted by molar-refractivity contribution is 0.0910. The maximum absolute atomic E-state index is 13.6. The normalized spacial score (nSPS) is 12.3. The average molecular weight is 360 g/mol. The van der Waals surface area contributed by atoms with Crippen LogP contribution in [0, 0.1) is 11.6 Å². The summed E-state index contributed by atoms with van der Waals surface area (Å²) in [5.74, 6) is -4.08. The van der Waals surface area contributed by atoms with Crippen LogP contribution in [0.4, 0.5) is 8.78 Å². The summed E-state index contributed by atoms with van der Waals surface area (Å²) in [6, 6.07) is 0.532. The van der Waals surface area contributed by atoms with Gasteiger partial charge in [-0.25, -0.2) is 17.2 Å². The van der Waals surface area contributed by atoms with Gasteiger partial charge in [-0.3, -0.25) is 4.79 Å². The molecule has 0 atom stereocenters. The van der Waals surface area contributed by atoms with Crippen molar-refractivity contribution >= 4 is 37.2 Å². The van der Waals surface area contributed by atoms with E-state index in [1.54, 1.807) is 13.8 Å². The van der Waals surface area contributed by atoms with Gasteiger partial charge in [0.05, 0.1) is 10.6 Å². The Hall–Kier alpha value is -0.920. The van der Waals surface area contributed by atoms with Crippen molar-refractivity contribution in [1.29, 1.82) is 0 Å². The fourth-order valence-electron chi connectivity index (χ4n) is 1.42. The molecule has 118 valence electrons. The van der Waals surface area contributed by atoms with Crippen molar-refractivity contribution in [3.63, 3.8) is 0 Å². The minimum Gasteiger partial charge on any atom is -0.347 e. The fourth-order valence-corrected chi connectivity index (χ4v) is 3.14. The first-order valence-electron chi connectivity index (χ1n) is 5.85. The molecule has 9 heteroatoms. The summed E-state index contributed by atoms with van der Waals surface area (Å²) in [5, 5.41) is 1.78. The molecule has 0 aliphatic heterocycles. The monoisotopic (exact) mass is 359 g/mol. The van der Waals surface area contributed by atoms with Gasteiger partial charge in [-0.2, -0.15) is 0 Å². The van der Waals surface area contributed by atoms with Crippen molar-refractivity contribution < 1.29 is 22.0 Å². The smallest absolute Gasteiger partial charge is 0.265 e. The Morgan fingerprint density at radius 3 is 2.33 bits per heavy atom. The van der Waals surface area contributed by atoms with E-state index < -0.39 is 47.6 Å². The zero-order chi connectivity index (χ0) is 16.6. The van der Waals surface area contributed by atoms with Crippen LogP contribution in [-0.4, -0.2) is 19.9 Å². The largest absolute Gasteiger partial charge is 0.347 e. The van der Waals surface area contributed by atoms with Gasteiger partial charge in [-0.15, -0.1) is 0 Å². The highest BCUT2D eigenvalue weighted by Gasteiger charge is 2.30. The molecule has 0 saturated heterocycles. The number of nitrogens with one attached hydrogen (secondary N) is 1. The first-order chi connectivity index (χ1) is 9.40. The molecule has 0 spiro atoms. The molecule has 1 rings (SSSR count). The molecule has 0 aliphatic rings. The number of halogens is 4. The molecule has 0 unspecified atom stereocenters. The summed E-state index contributed by atoms with van der Waals surface area (Å²) in [6.07, 6.45) is 0.556. The first-order valence-corrected chi connectivity index (χ1v) is 8.54. The van der Waals surface area contributed by atoms with Gasteiger partial charge < -0.3 is 5.32 Å². The fraction of sp³-hybridized carbons (Fsp3) is 0.417. The van der Waals surface area contributed by atoms with E-state index in [9.17, 15) is 22.0 Å². The Labute approximate surface area is 130 Å². The quantitative estimate of drug-likeness (QED) is 0.661. The van der Waals surface area contributed by atoms with Crippen LogP contribution in [0.3, 0.4) is 0 Å². The van der Waals surface area contributed by atoms with E-state index in [4.69, 9.17) is 22.3 Å². The van der Waals surface area contributed by atoms with Crippen molar-refractivity contribution in [1.82, 2.24) is 5.32 Å². The van der Waals surface area contributed by atoms with E-state index in [1.807, 2.05) is 6.92 Å². The van der Waals surface area contributed by atoms with Gasteiger partial charge in [-0.1, -0.05) is 18.5 Å². The Bertz CT molecular complexity index is 690. The number of rotatable bonds is 4. The van der Waals surface area contributed by atoms with Crippen LogP contribution < -0.4 is 5.32 Å². The highest BCUT2D eigenvalue weighted by atomic mass is 35.7. The SMILES string of the molecule is CCC(C)(C)NC(=O)c1cc(F)c(F)c(S(=O)(=O)Cl)c1Cl. The molecule has 1 amide bonds. The van der Waals surface area contributed by atoms with Crippen molar-refractivity contribution in [3.8, 4) is 0 Å². The molecule has 1 N–H and O–H groups in total. The molecular weight excluding hydrogens is 347 g/mol. The summed E-state index contributed by atoms with van der Waals surface area (Å²) in [6.45, 7) is 5.22. The van der Waals surface area contributed by atoms with E-state index in [-0.39, 0.29) is 0 Å². The molecule has 0 aromatic heterocycles. The molecular formula is C12H13Cl2F2NO3S. The maximum atomic E-state index is 13.6. The van der Waals surface area contributed by atoms with E-state index in [0.29, 0.717) is 12.5 Å². The molecule has 0 aliphatic carbocycles. The lowest BCUT2D eigenvalue weighted by Gasteiger charge is -2.25. The third-order valence-electron chi connectivity index (χ3n) is 2.94. The zero-order valence-corrected chi connectivity index (χ0v) is 13.8. The molecule has 0 bridgehead atoms. The zero-order valence-electron chi connectivity index (χ0n) is 11.4. The topological polar surface area (TPSA) is 63.2 Å². The Kier molecular flexibility index (Phi) is 5.23. The molecule has 0 saturated carbocycles. The van der Waals surface area contributed by atoms with Crippen LogP contribution in [0.15, 0.2) is 11.0 Å². The van der Waals surface area contributed by atoms with Gasteiger partial charge in [0.15, 0.2) is 11.6 Å². The van der Waals surface area contributed by atoms with E-state index in [0.717, 1.165) is 0 Å². The molecule has 1 aromatic rings. The van der Waals surface area contributed by atoms with Crippen LogP contribution in [0.2, 0.25) is 5.02 Å². The third kappa shape index (κ3) is 4.05. The van der Waals surface area contributed by atoms with E-state index >= 15 is 0 Å². The number of hydrogen-bond acceptors (Lipinski definition) is 3. The summed E-state index contributed by atoms with van der Waals surface area (Å²) < 4.78 is 49.6. The Morgan fingerprint density at radius 1 is 1.38 bits per heavy atom. The number of carbonyl (C=O) groups is 1. The Balaban J connectivity index is 3.47. The van der Waals surface area contributed by atoms with E-state index in [1.165, 1.54) is 0 Å². The molecule has 21 heavy (non-hydrogen) atoms. The van der Waals surface area contributed by atoms with Crippen molar-refractivity contribution in [2.45, 2.75) is 37.6 Å². The Morgan fingerprint density at radius 2 is 1.90 bits per heavy atom. The maximum Gasteiger partial charge on any atom is 0.265 e. The van der Waals surface area contributed by atoms with Gasteiger partial charge >= 0.3 is 0 Å². The van der Waals surface area contributed by atoms with Crippen LogP contribution in [0.25, 0.3) is 0 Å². The number of amides is 1. The summed E-state index contributed by atoms with van der Waals surface area (Å²) in [4.78, 5) is 10.8. The standard InChI is InChI=1S/C12H13Cl2F2NO3S/c1-4-12(2,3)17-11(18)6-5-7(15)9(16)10(8(6)13)21(14,19)20/h5H,4H2,1-3H3,(H,17,18). The minimum absolute atomic E-state index is 0.503. The van der Waals surface area contributed by atoms with Crippen molar-refractivity contribution in [2.75, 3.05) is 0 Å². The predicted octanol–water partition coefficient (Wildman–Crippen LogP) is 3.46. The van der Waals surface area contributed by atoms with Gasteiger partial charge in [0.2, 0.25) is 0 Å². The summed E-state index contributed by atoms with van der Waals surface area (Å²) >= 11 is 5.71. The highest BCUT2D eigenvalue weighted by Crippen LogP contribution is 2.32. The second-order valence-electron chi connectivity index (χ2n) is 4.99. The second kappa shape index (κ2) is 6.06. The van der Waals surface area contributed by atoms with Crippen LogP contribution in [-0.2, 0) is 9.05 Å². The summed E-state index contributed by atoms with van der Waals surface area (Å²) in [5.41, 5.74) is -1.14. The average Bonchev–Trinajstić information content (AvgIpc) is 2.31. The highest BCUT2D eigenvalue weighted by molar-refractivity contribution is 8.13. The number of carbonyl (C=O) groups excluding carboxylic acids is 1. The van der Waals surface area contributed by atoms with Crippen LogP contribution in [0.5, 0.6) is 0 Å². The predicted molar refractivity (Wildman–Crippen MR) is 76.2 cm³/mol.